The minimum absolute atomic E-state index is 0.235. The van der Waals surface area contributed by atoms with Gasteiger partial charge in [0.05, 0.1) is 24.1 Å². The lowest BCUT2D eigenvalue weighted by Crippen LogP contribution is -3.07. The van der Waals surface area contributed by atoms with E-state index in [0.29, 0.717) is 0 Å². The molecule has 0 bridgehead atoms. The molecule has 0 spiro atoms. The van der Waals surface area contributed by atoms with Gasteiger partial charge in [-0.3, -0.25) is 10.1 Å². The first kappa shape index (κ1) is 12.6. The molecule has 4 nitrogen and oxygen atoms in total. The van der Waals surface area contributed by atoms with E-state index in [0.717, 1.165) is 31.5 Å². The molecular weight excluding hydrogens is 204 g/mol. The molecule has 1 rings (SSSR count). The van der Waals surface area contributed by atoms with Crippen LogP contribution in [0.25, 0.3) is 0 Å². The molecule has 0 aliphatic rings. The van der Waals surface area contributed by atoms with Gasteiger partial charge in [0.1, 0.15) is 6.54 Å². The number of hydrogen-bond acceptors (Lipinski definition) is 2. The van der Waals surface area contributed by atoms with Gasteiger partial charge >= 0.3 is 0 Å². The van der Waals surface area contributed by atoms with Crippen molar-refractivity contribution in [1.29, 1.82) is 0 Å². The fraction of sp³-hybridized carbons (Fsp3) is 0.500. The van der Waals surface area contributed by atoms with Crippen molar-refractivity contribution in [2.24, 2.45) is 0 Å². The molecule has 0 fully saturated rings. The molecule has 16 heavy (non-hydrogen) atoms. The quantitative estimate of drug-likeness (QED) is 0.585. The Morgan fingerprint density at radius 3 is 2.69 bits per heavy atom. The zero-order chi connectivity index (χ0) is 12.0. The third-order valence-corrected chi connectivity index (χ3v) is 2.64. The summed E-state index contributed by atoms with van der Waals surface area (Å²) >= 11 is 0. The molecule has 0 amide bonds. The molecule has 1 aromatic carbocycles. The third-order valence-electron chi connectivity index (χ3n) is 2.64. The molecule has 0 heterocycles. The molecule has 0 aliphatic heterocycles. The lowest BCUT2D eigenvalue weighted by molar-refractivity contribution is -0.894. The van der Waals surface area contributed by atoms with Crippen LogP contribution in [-0.2, 0) is 6.54 Å². The Labute approximate surface area is 96.0 Å². The summed E-state index contributed by atoms with van der Waals surface area (Å²) in [6, 6.07) is 6.98. The number of rotatable bonds is 6. The lowest BCUT2D eigenvalue weighted by Gasteiger charge is -2.13. The summed E-state index contributed by atoms with van der Waals surface area (Å²) in [6.07, 6.45) is 2.32. The summed E-state index contributed by atoms with van der Waals surface area (Å²) in [6.45, 7) is 3.93. The summed E-state index contributed by atoms with van der Waals surface area (Å²) in [5.41, 5.74) is 1.06. The molecule has 0 aromatic heterocycles. The van der Waals surface area contributed by atoms with Crippen LogP contribution in [0.15, 0.2) is 24.3 Å². The second-order valence-corrected chi connectivity index (χ2v) is 4.12. The van der Waals surface area contributed by atoms with Crippen LogP contribution in [0, 0.1) is 10.1 Å². The lowest BCUT2D eigenvalue weighted by atomic mass is 10.1. The molecule has 0 radical (unpaired) electrons. The van der Waals surface area contributed by atoms with E-state index in [4.69, 9.17) is 0 Å². The van der Waals surface area contributed by atoms with Crippen molar-refractivity contribution in [3.63, 3.8) is 0 Å². The highest BCUT2D eigenvalue weighted by molar-refractivity contribution is 5.38. The second kappa shape index (κ2) is 6.23. The SMILES string of the molecule is CCCC[NH+](C)Cc1ccccc1[N+](=O)[O-]. The number of para-hydroxylation sites is 1. The largest absolute Gasteiger partial charge is 0.333 e. The Bertz CT molecular complexity index is 353. The summed E-state index contributed by atoms with van der Waals surface area (Å²) in [5.74, 6) is 0. The predicted molar refractivity (Wildman–Crippen MR) is 63.5 cm³/mol. The number of quaternary nitrogens is 1. The zero-order valence-corrected chi connectivity index (χ0v) is 9.90. The van der Waals surface area contributed by atoms with Crippen LogP contribution >= 0.6 is 0 Å². The smallest absolute Gasteiger partial charge is 0.278 e. The Morgan fingerprint density at radius 1 is 1.38 bits per heavy atom. The molecule has 1 aromatic rings. The Hall–Kier alpha value is -1.42. The van der Waals surface area contributed by atoms with Crippen molar-refractivity contribution in [3.8, 4) is 0 Å². The van der Waals surface area contributed by atoms with Gasteiger partial charge in [0, 0.05) is 6.07 Å². The first-order valence-corrected chi connectivity index (χ1v) is 5.68. The topological polar surface area (TPSA) is 47.6 Å². The molecule has 88 valence electrons. The Balaban J connectivity index is 2.69. The first-order chi connectivity index (χ1) is 7.65. The van der Waals surface area contributed by atoms with Crippen LogP contribution in [0.4, 0.5) is 5.69 Å². The monoisotopic (exact) mass is 223 g/mol. The summed E-state index contributed by atoms with van der Waals surface area (Å²) < 4.78 is 0. The van der Waals surface area contributed by atoms with Gasteiger partial charge in [-0.2, -0.15) is 0 Å². The Morgan fingerprint density at radius 2 is 2.06 bits per heavy atom. The molecular formula is C12H19N2O2+. The van der Waals surface area contributed by atoms with E-state index >= 15 is 0 Å². The summed E-state index contributed by atoms with van der Waals surface area (Å²) in [5, 5.41) is 10.8. The Kier molecular flexibility index (Phi) is 4.92. The van der Waals surface area contributed by atoms with Gasteiger partial charge in [0.15, 0.2) is 0 Å². The van der Waals surface area contributed by atoms with E-state index in [1.54, 1.807) is 12.1 Å². The van der Waals surface area contributed by atoms with Crippen molar-refractivity contribution in [3.05, 3.63) is 39.9 Å². The normalized spacial score (nSPS) is 12.4. The summed E-state index contributed by atoms with van der Waals surface area (Å²) in [7, 11) is 2.08. The second-order valence-electron chi connectivity index (χ2n) is 4.12. The number of hydrogen-bond donors (Lipinski definition) is 1. The van der Waals surface area contributed by atoms with E-state index < -0.39 is 0 Å². The van der Waals surface area contributed by atoms with Crippen molar-refractivity contribution in [2.45, 2.75) is 26.3 Å². The summed E-state index contributed by atoms with van der Waals surface area (Å²) in [4.78, 5) is 11.8. The molecule has 1 N–H and O–H groups in total. The first-order valence-electron chi connectivity index (χ1n) is 5.68. The average molecular weight is 223 g/mol. The van der Waals surface area contributed by atoms with Crippen LogP contribution in [-0.4, -0.2) is 18.5 Å². The molecule has 1 atom stereocenters. The maximum atomic E-state index is 10.8. The van der Waals surface area contributed by atoms with Crippen molar-refractivity contribution in [2.75, 3.05) is 13.6 Å². The minimum Gasteiger partial charge on any atom is -0.333 e. The molecule has 0 aliphatic carbocycles. The highest BCUT2D eigenvalue weighted by Crippen LogP contribution is 2.16. The van der Waals surface area contributed by atoms with Crippen molar-refractivity contribution < 1.29 is 9.82 Å². The van der Waals surface area contributed by atoms with E-state index in [-0.39, 0.29) is 10.6 Å². The van der Waals surface area contributed by atoms with Crippen LogP contribution in [0.1, 0.15) is 25.3 Å². The average Bonchev–Trinajstić information content (AvgIpc) is 2.27. The van der Waals surface area contributed by atoms with Crippen molar-refractivity contribution >= 4 is 5.69 Å². The highest BCUT2D eigenvalue weighted by atomic mass is 16.6. The molecule has 1 unspecified atom stereocenters. The van der Waals surface area contributed by atoms with Crippen molar-refractivity contribution in [1.82, 2.24) is 0 Å². The van der Waals surface area contributed by atoms with Gasteiger partial charge in [0.25, 0.3) is 5.69 Å². The van der Waals surface area contributed by atoms with Gasteiger partial charge in [0.2, 0.25) is 0 Å². The predicted octanol–water partition coefficient (Wildman–Crippen LogP) is 1.41. The number of nitro benzene ring substituents is 1. The van der Waals surface area contributed by atoms with E-state index in [1.807, 2.05) is 12.1 Å². The van der Waals surface area contributed by atoms with Gasteiger partial charge in [-0.25, -0.2) is 0 Å². The number of benzene rings is 1. The molecule has 0 saturated carbocycles. The van der Waals surface area contributed by atoms with Gasteiger partial charge in [-0.05, 0) is 12.5 Å². The van der Waals surface area contributed by atoms with Gasteiger partial charge in [-0.15, -0.1) is 0 Å². The molecule has 0 saturated heterocycles. The maximum absolute atomic E-state index is 10.8. The fourth-order valence-electron chi connectivity index (χ4n) is 1.73. The van der Waals surface area contributed by atoms with Gasteiger partial charge < -0.3 is 4.90 Å². The van der Waals surface area contributed by atoms with Crippen LogP contribution in [0.2, 0.25) is 0 Å². The minimum atomic E-state index is -0.303. The molecule has 4 heteroatoms. The van der Waals surface area contributed by atoms with E-state index in [9.17, 15) is 10.1 Å². The maximum Gasteiger partial charge on any atom is 0.278 e. The zero-order valence-electron chi connectivity index (χ0n) is 9.90. The van der Waals surface area contributed by atoms with E-state index in [2.05, 4.69) is 14.0 Å². The number of nitrogens with zero attached hydrogens (tertiary/aromatic N) is 1. The van der Waals surface area contributed by atoms with Gasteiger partial charge in [-0.1, -0.05) is 25.5 Å². The fourth-order valence-corrected chi connectivity index (χ4v) is 1.73. The van der Waals surface area contributed by atoms with E-state index in [1.165, 1.54) is 4.90 Å². The standard InChI is InChI=1S/C12H18N2O2/c1-3-4-9-13(2)10-11-7-5-6-8-12(11)14(15)16/h5-8H,3-4,9-10H2,1-2H3/p+1. The van der Waals surface area contributed by atoms with Crippen LogP contribution < -0.4 is 4.90 Å². The number of nitro groups is 1. The van der Waals surface area contributed by atoms with Crippen LogP contribution in [0.5, 0.6) is 0 Å². The highest BCUT2D eigenvalue weighted by Gasteiger charge is 2.15. The third kappa shape index (κ3) is 3.62. The number of unbranched alkanes of at least 4 members (excludes halogenated alkanes) is 1. The number of nitrogens with one attached hydrogen (secondary N) is 1. The van der Waals surface area contributed by atoms with Crippen LogP contribution in [0.3, 0.4) is 0 Å².